The Bertz CT molecular complexity index is 355. The highest BCUT2D eigenvalue weighted by Gasteiger charge is 2.02. The predicted octanol–water partition coefficient (Wildman–Crippen LogP) is 4.61. The average Bonchev–Trinajstić information content (AvgIpc) is 2.27. The van der Waals surface area contributed by atoms with Gasteiger partial charge in [0.15, 0.2) is 0 Å². The highest BCUT2D eigenvalue weighted by atomic mass is 14.1. The van der Waals surface area contributed by atoms with Gasteiger partial charge in [0, 0.05) is 0 Å². The summed E-state index contributed by atoms with van der Waals surface area (Å²) in [4.78, 5) is 0. The van der Waals surface area contributed by atoms with E-state index in [9.17, 15) is 0 Å². The van der Waals surface area contributed by atoms with Crippen LogP contribution < -0.4 is 0 Å². The van der Waals surface area contributed by atoms with E-state index in [0.29, 0.717) is 0 Å². The molecule has 0 saturated heterocycles. The van der Waals surface area contributed by atoms with E-state index in [1.165, 1.54) is 16.7 Å². The highest BCUT2D eigenvalue weighted by Crippen LogP contribution is 2.24. The lowest BCUT2D eigenvalue weighted by Crippen LogP contribution is -1.87. The summed E-state index contributed by atoms with van der Waals surface area (Å²) in [6, 6.07) is 10.5. The monoisotopic (exact) mass is 198 g/mol. The Morgan fingerprint density at radius 2 is 1.67 bits per heavy atom. The fraction of sp³-hybridized carbons (Fsp3) is 0.200. The molecule has 0 aliphatic rings. The predicted molar refractivity (Wildman–Crippen MR) is 68.7 cm³/mol. The maximum Gasteiger partial charge on any atom is -0.00946 e. The first-order valence-electron chi connectivity index (χ1n) is 5.25. The molecule has 0 aromatic heterocycles. The number of rotatable bonds is 5. The quantitative estimate of drug-likeness (QED) is 0.606. The Kier molecular flexibility index (Phi) is 4.62. The first-order chi connectivity index (χ1) is 7.29. The minimum Gasteiger partial charge on any atom is -0.103 e. The van der Waals surface area contributed by atoms with Crippen molar-refractivity contribution >= 4 is 5.57 Å². The van der Waals surface area contributed by atoms with Crippen LogP contribution in [0.2, 0.25) is 0 Å². The van der Waals surface area contributed by atoms with Crippen LogP contribution in [0, 0.1) is 0 Å². The molecule has 0 spiro atoms. The van der Waals surface area contributed by atoms with E-state index >= 15 is 0 Å². The average molecular weight is 198 g/mol. The van der Waals surface area contributed by atoms with E-state index in [2.05, 4.69) is 44.3 Å². The molecule has 0 fully saturated rings. The molecule has 0 bridgehead atoms. The van der Waals surface area contributed by atoms with Gasteiger partial charge in [0.2, 0.25) is 0 Å². The summed E-state index contributed by atoms with van der Waals surface area (Å²) in [5.74, 6) is 0. The molecule has 0 radical (unpaired) electrons. The van der Waals surface area contributed by atoms with E-state index in [-0.39, 0.29) is 0 Å². The molecular weight excluding hydrogens is 180 g/mol. The van der Waals surface area contributed by atoms with Crippen LogP contribution in [-0.2, 0) is 0 Å². The molecule has 78 valence electrons. The van der Waals surface area contributed by atoms with Gasteiger partial charge in [-0.2, -0.15) is 0 Å². The van der Waals surface area contributed by atoms with E-state index in [1.54, 1.807) is 0 Å². The van der Waals surface area contributed by atoms with Gasteiger partial charge in [0.05, 0.1) is 0 Å². The standard InChI is InChI=1S/C15H18/c1-4-9-13(3)15(10-5-2)14-11-7-6-8-12-14/h4-8,11-12H,1-2,9-10H2,3H3/b15-13+. The molecule has 1 rings (SSSR count). The Balaban J connectivity index is 3.07. The van der Waals surface area contributed by atoms with Crippen LogP contribution in [0.15, 0.2) is 61.2 Å². The first-order valence-corrected chi connectivity index (χ1v) is 5.25. The summed E-state index contributed by atoms with van der Waals surface area (Å²) in [7, 11) is 0. The van der Waals surface area contributed by atoms with E-state index in [4.69, 9.17) is 0 Å². The summed E-state index contributed by atoms with van der Waals surface area (Å²) >= 11 is 0. The summed E-state index contributed by atoms with van der Waals surface area (Å²) in [5.41, 5.74) is 4.03. The van der Waals surface area contributed by atoms with Crippen molar-refractivity contribution in [3.63, 3.8) is 0 Å². The second kappa shape index (κ2) is 6.02. The molecule has 0 aliphatic heterocycles. The van der Waals surface area contributed by atoms with Crippen molar-refractivity contribution in [1.29, 1.82) is 0 Å². The van der Waals surface area contributed by atoms with E-state index in [0.717, 1.165) is 12.8 Å². The van der Waals surface area contributed by atoms with Crippen LogP contribution in [0.25, 0.3) is 5.57 Å². The van der Waals surface area contributed by atoms with Gasteiger partial charge in [-0.15, -0.1) is 13.2 Å². The van der Waals surface area contributed by atoms with Gasteiger partial charge in [0.25, 0.3) is 0 Å². The molecule has 0 saturated carbocycles. The number of hydrogen-bond donors (Lipinski definition) is 0. The molecule has 0 heteroatoms. The van der Waals surface area contributed by atoms with Gasteiger partial charge in [-0.05, 0) is 30.9 Å². The third-order valence-corrected chi connectivity index (χ3v) is 2.44. The fourth-order valence-electron chi connectivity index (χ4n) is 1.66. The van der Waals surface area contributed by atoms with Crippen LogP contribution >= 0.6 is 0 Å². The van der Waals surface area contributed by atoms with Crippen LogP contribution in [0.4, 0.5) is 0 Å². The second-order valence-electron chi connectivity index (χ2n) is 3.61. The highest BCUT2D eigenvalue weighted by molar-refractivity contribution is 5.69. The van der Waals surface area contributed by atoms with Crippen molar-refractivity contribution in [2.24, 2.45) is 0 Å². The molecule has 0 atom stereocenters. The van der Waals surface area contributed by atoms with Crippen molar-refractivity contribution in [3.8, 4) is 0 Å². The molecule has 1 aromatic carbocycles. The lowest BCUT2D eigenvalue weighted by atomic mass is 9.96. The van der Waals surface area contributed by atoms with E-state index < -0.39 is 0 Å². The Morgan fingerprint density at radius 1 is 1.07 bits per heavy atom. The molecule has 0 N–H and O–H groups in total. The SMILES string of the molecule is C=CC/C(C)=C(\CC=C)c1ccccc1. The maximum atomic E-state index is 3.81. The van der Waals surface area contributed by atoms with Crippen molar-refractivity contribution < 1.29 is 0 Å². The van der Waals surface area contributed by atoms with Gasteiger partial charge in [0.1, 0.15) is 0 Å². The second-order valence-corrected chi connectivity index (χ2v) is 3.61. The minimum atomic E-state index is 0.920. The van der Waals surface area contributed by atoms with Crippen molar-refractivity contribution in [2.45, 2.75) is 19.8 Å². The zero-order valence-electron chi connectivity index (χ0n) is 9.37. The van der Waals surface area contributed by atoms with Gasteiger partial charge in [-0.1, -0.05) is 48.1 Å². The van der Waals surface area contributed by atoms with Crippen molar-refractivity contribution in [2.75, 3.05) is 0 Å². The Hall–Kier alpha value is -1.56. The topological polar surface area (TPSA) is 0 Å². The summed E-state index contributed by atoms with van der Waals surface area (Å²) in [6.07, 6.45) is 5.76. The van der Waals surface area contributed by atoms with Crippen LogP contribution in [0.5, 0.6) is 0 Å². The van der Waals surface area contributed by atoms with Gasteiger partial charge in [-0.3, -0.25) is 0 Å². The third-order valence-electron chi connectivity index (χ3n) is 2.44. The summed E-state index contributed by atoms with van der Waals surface area (Å²) in [5, 5.41) is 0. The van der Waals surface area contributed by atoms with Gasteiger partial charge in [-0.25, -0.2) is 0 Å². The summed E-state index contributed by atoms with van der Waals surface area (Å²) < 4.78 is 0. The molecule has 0 heterocycles. The molecule has 15 heavy (non-hydrogen) atoms. The smallest absolute Gasteiger partial charge is 0.00946 e. The molecular formula is C15H18. The third kappa shape index (κ3) is 3.25. The lowest BCUT2D eigenvalue weighted by Gasteiger charge is -2.09. The number of hydrogen-bond acceptors (Lipinski definition) is 0. The minimum absolute atomic E-state index is 0.920. The molecule has 0 amide bonds. The zero-order valence-corrected chi connectivity index (χ0v) is 9.37. The zero-order chi connectivity index (χ0) is 11.1. The maximum absolute atomic E-state index is 3.81. The Morgan fingerprint density at radius 3 is 2.20 bits per heavy atom. The summed E-state index contributed by atoms with van der Waals surface area (Å²) in [6.45, 7) is 9.75. The van der Waals surface area contributed by atoms with Crippen molar-refractivity contribution in [1.82, 2.24) is 0 Å². The van der Waals surface area contributed by atoms with Gasteiger partial charge >= 0.3 is 0 Å². The Labute approximate surface area is 92.6 Å². The fourth-order valence-corrected chi connectivity index (χ4v) is 1.66. The largest absolute Gasteiger partial charge is 0.103 e. The molecule has 0 aliphatic carbocycles. The molecule has 0 nitrogen and oxygen atoms in total. The molecule has 0 unspecified atom stereocenters. The van der Waals surface area contributed by atoms with E-state index in [1.807, 2.05) is 18.2 Å². The number of benzene rings is 1. The van der Waals surface area contributed by atoms with Crippen LogP contribution in [0.3, 0.4) is 0 Å². The van der Waals surface area contributed by atoms with Gasteiger partial charge < -0.3 is 0 Å². The lowest BCUT2D eigenvalue weighted by molar-refractivity contribution is 1.19. The molecule has 1 aromatic rings. The van der Waals surface area contributed by atoms with Crippen LogP contribution in [-0.4, -0.2) is 0 Å². The van der Waals surface area contributed by atoms with Crippen molar-refractivity contribution in [3.05, 3.63) is 66.8 Å². The normalized spacial score (nSPS) is 11.8. The first kappa shape index (κ1) is 11.5. The van der Waals surface area contributed by atoms with Crippen LogP contribution in [0.1, 0.15) is 25.3 Å². The number of allylic oxidation sites excluding steroid dienone is 4.